The number of nitrogens with zero attached hydrogens (tertiary/aromatic N) is 6. The summed E-state index contributed by atoms with van der Waals surface area (Å²) in [6.07, 6.45) is 1.02. The van der Waals surface area contributed by atoms with Crippen molar-refractivity contribution in [1.82, 2.24) is 19.1 Å². The number of carbonyl (C=O) groups is 2. The van der Waals surface area contributed by atoms with E-state index in [4.69, 9.17) is 14.6 Å². The molecule has 6 rings (SSSR count). The first kappa shape index (κ1) is 28.8. The van der Waals surface area contributed by atoms with Crippen LogP contribution in [0.15, 0.2) is 65.6 Å². The molecule has 1 atom stereocenters. The molecule has 0 N–H and O–H groups in total. The summed E-state index contributed by atoms with van der Waals surface area (Å²) in [5.41, 5.74) is 2.26. The number of para-hydroxylation sites is 2. The number of esters is 1. The maximum atomic E-state index is 13.5. The second-order valence-electron chi connectivity index (χ2n) is 9.72. The molecule has 0 bridgehead atoms. The Morgan fingerprint density at radius 3 is 2.45 bits per heavy atom. The zero-order chi connectivity index (χ0) is 29.8. The monoisotopic (exact) mass is 576 g/mol. The average Bonchev–Trinajstić information content (AvgIpc) is 3.38. The minimum atomic E-state index is -1.52. The highest BCUT2D eigenvalue weighted by Crippen LogP contribution is 2.32. The Balaban J connectivity index is 0.00000173. The number of piperidine rings is 1. The Morgan fingerprint density at radius 2 is 1.74 bits per heavy atom. The van der Waals surface area contributed by atoms with Crippen molar-refractivity contribution >= 4 is 34.9 Å². The van der Waals surface area contributed by atoms with Gasteiger partial charge in [0.15, 0.2) is 0 Å². The van der Waals surface area contributed by atoms with E-state index in [1.807, 2.05) is 38.1 Å². The van der Waals surface area contributed by atoms with E-state index < -0.39 is 23.7 Å². The molecule has 0 radical (unpaired) electrons. The molecule has 0 spiro atoms. The standard InChI is InChI=1S/C28H27FN6O5.C2H6/c1-2-24(37)39-25-26(38)40-35(27-30-14-11-23(36)34(25)27)20-12-15-32(16-13-20)28-31-21-5-3-4-6-22(21)33(28)17-18-7-9-19(29)10-8-18;1-2/h3-11,14,20,25H,2,12-13,15-17H2,1H3;1-2H3. The predicted molar refractivity (Wildman–Crippen MR) is 154 cm³/mol. The van der Waals surface area contributed by atoms with Gasteiger partial charge in [-0.3, -0.25) is 9.59 Å². The lowest BCUT2D eigenvalue weighted by molar-refractivity contribution is -0.181. The third-order valence-corrected chi connectivity index (χ3v) is 7.18. The maximum Gasteiger partial charge on any atom is 0.394 e. The molecule has 0 amide bonds. The van der Waals surface area contributed by atoms with Crippen LogP contribution in [0.4, 0.5) is 16.3 Å². The molecular weight excluding hydrogens is 543 g/mol. The topological polar surface area (TPSA) is 112 Å². The second-order valence-corrected chi connectivity index (χ2v) is 9.72. The SMILES string of the molecule is CC.CCC(=O)OC1C(=O)ON(C2CCN(c3nc4ccccc4n3Cc3ccc(F)cc3)CC2)c2nccc(=O)n21. The molecule has 2 aliphatic rings. The second kappa shape index (κ2) is 12.4. The molecule has 11 nitrogen and oxygen atoms in total. The molecule has 1 fully saturated rings. The molecule has 2 aliphatic heterocycles. The molecule has 12 heteroatoms. The van der Waals surface area contributed by atoms with E-state index in [1.54, 1.807) is 19.1 Å². The fraction of sp³-hybridized carbons (Fsp3) is 0.367. The summed E-state index contributed by atoms with van der Waals surface area (Å²) in [5.74, 6) is -0.862. The number of hydroxylamine groups is 1. The quantitative estimate of drug-likeness (QED) is 0.312. The zero-order valence-corrected chi connectivity index (χ0v) is 23.8. The highest BCUT2D eigenvalue weighted by molar-refractivity contribution is 5.80. The van der Waals surface area contributed by atoms with Crippen molar-refractivity contribution in [3.8, 4) is 0 Å². The number of carbonyl (C=O) groups excluding carboxylic acids is 2. The molecule has 0 aliphatic carbocycles. The summed E-state index contributed by atoms with van der Waals surface area (Å²) >= 11 is 0. The third kappa shape index (κ3) is 5.56. The smallest absolute Gasteiger partial charge is 0.394 e. The fourth-order valence-corrected chi connectivity index (χ4v) is 5.16. The molecule has 2 aromatic carbocycles. The van der Waals surface area contributed by atoms with Gasteiger partial charge in [0.25, 0.3) is 11.8 Å². The van der Waals surface area contributed by atoms with Gasteiger partial charge in [0, 0.05) is 31.8 Å². The lowest BCUT2D eigenvalue weighted by atomic mass is 10.1. The van der Waals surface area contributed by atoms with Crippen molar-refractivity contribution in [2.24, 2.45) is 0 Å². The number of fused-ring (bicyclic) bond motifs is 2. The van der Waals surface area contributed by atoms with Crippen LogP contribution in [-0.4, -0.2) is 50.2 Å². The summed E-state index contributed by atoms with van der Waals surface area (Å²) in [7, 11) is 0. The van der Waals surface area contributed by atoms with Crippen molar-refractivity contribution in [1.29, 1.82) is 0 Å². The third-order valence-electron chi connectivity index (χ3n) is 7.18. The van der Waals surface area contributed by atoms with Gasteiger partial charge in [-0.2, -0.15) is 5.06 Å². The first-order valence-electron chi connectivity index (χ1n) is 14.2. The van der Waals surface area contributed by atoms with Crippen LogP contribution in [0, 0.1) is 5.82 Å². The lowest BCUT2D eigenvalue weighted by Crippen LogP contribution is -2.53. The van der Waals surface area contributed by atoms with Crippen molar-refractivity contribution < 1.29 is 23.6 Å². The van der Waals surface area contributed by atoms with Gasteiger partial charge in [0.2, 0.25) is 11.9 Å². The largest absolute Gasteiger partial charge is 0.429 e. The van der Waals surface area contributed by atoms with Gasteiger partial charge in [0.1, 0.15) is 5.82 Å². The zero-order valence-electron chi connectivity index (χ0n) is 23.8. The van der Waals surface area contributed by atoms with Crippen LogP contribution in [0.2, 0.25) is 0 Å². The van der Waals surface area contributed by atoms with E-state index in [9.17, 15) is 18.8 Å². The summed E-state index contributed by atoms with van der Waals surface area (Å²) < 4.78 is 21.9. The Labute approximate surface area is 242 Å². The highest BCUT2D eigenvalue weighted by Gasteiger charge is 2.42. The van der Waals surface area contributed by atoms with Crippen molar-refractivity contribution in [3.05, 3.63) is 82.5 Å². The molecular formula is C30H33FN6O5. The average molecular weight is 577 g/mol. The molecule has 4 aromatic rings. The predicted octanol–water partition coefficient (Wildman–Crippen LogP) is 4.21. The molecule has 1 saturated heterocycles. The Hall–Kier alpha value is -4.74. The number of aromatic nitrogens is 4. The first-order chi connectivity index (χ1) is 20.4. The highest BCUT2D eigenvalue weighted by atomic mass is 19.1. The minimum absolute atomic E-state index is 0.0439. The van der Waals surface area contributed by atoms with Crippen molar-refractivity contribution in [2.75, 3.05) is 23.1 Å². The molecule has 1 unspecified atom stereocenters. The van der Waals surface area contributed by atoms with Gasteiger partial charge in [-0.25, -0.2) is 23.7 Å². The van der Waals surface area contributed by atoms with Crippen LogP contribution in [0.5, 0.6) is 0 Å². The molecule has 4 heterocycles. The van der Waals surface area contributed by atoms with Gasteiger partial charge in [0.05, 0.1) is 23.6 Å². The number of rotatable bonds is 6. The van der Waals surface area contributed by atoms with Gasteiger partial charge in [-0.15, -0.1) is 0 Å². The summed E-state index contributed by atoms with van der Waals surface area (Å²) in [4.78, 5) is 54.4. The van der Waals surface area contributed by atoms with E-state index in [-0.39, 0.29) is 24.2 Å². The fourth-order valence-electron chi connectivity index (χ4n) is 5.16. The normalized spacial score (nSPS) is 16.9. The minimum Gasteiger partial charge on any atom is -0.429 e. The van der Waals surface area contributed by atoms with Crippen LogP contribution < -0.4 is 15.5 Å². The van der Waals surface area contributed by atoms with E-state index in [0.717, 1.165) is 27.1 Å². The number of anilines is 2. The summed E-state index contributed by atoms with van der Waals surface area (Å²) in [6.45, 7) is 7.31. The van der Waals surface area contributed by atoms with Crippen LogP contribution in [0.25, 0.3) is 11.0 Å². The number of imidazole rings is 1. The van der Waals surface area contributed by atoms with E-state index in [1.165, 1.54) is 29.5 Å². The van der Waals surface area contributed by atoms with Crippen molar-refractivity contribution in [3.63, 3.8) is 0 Å². The number of hydrogen-bond donors (Lipinski definition) is 0. The molecule has 0 saturated carbocycles. The van der Waals surface area contributed by atoms with Crippen molar-refractivity contribution in [2.45, 2.75) is 58.8 Å². The Kier molecular flexibility index (Phi) is 8.51. The van der Waals surface area contributed by atoms with Gasteiger partial charge in [-0.05, 0) is 42.7 Å². The number of benzene rings is 2. The Bertz CT molecular complexity index is 1630. The maximum absolute atomic E-state index is 13.5. The molecule has 220 valence electrons. The van der Waals surface area contributed by atoms with Crippen LogP contribution in [0.3, 0.4) is 0 Å². The van der Waals surface area contributed by atoms with Crippen LogP contribution >= 0.6 is 0 Å². The summed E-state index contributed by atoms with van der Waals surface area (Å²) in [6, 6.07) is 15.2. The number of hydrogen-bond acceptors (Lipinski definition) is 9. The van der Waals surface area contributed by atoms with Gasteiger partial charge in [-0.1, -0.05) is 45.0 Å². The van der Waals surface area contributed by atoms with E-state index in [0.29, 0.717) is 32.5 Å². The van der Waals surface area contributed by atoms with E-state index in [2.05, 4.69) is 14.5 Å². The lowest BCUT2D eigenvalue weighted by Gasteiger charge is -2.40. The van der Waals surface area contributed by atoms with E-state index >= 15 is 0 Å². The Morgan fingerprint density at radius 1 is 1.02 bits per heavy atom. The molecule has 2 aromatic heterocycles. The number of ether oxygens (including phenoxy) is 1. The molecule has 42 heavy (non-hydrogen) atoms. The van der Waals surface area contributed by atoms with Gasteiger partial charge >= 0.3 is 11.9 Å². The van der Waals surface area contributed by atoms with Crippen LogP contribution in [-0.2, 0) is 25.7 Å². The number of halogens is 1. The summed E-state index contributed by atoms with van der Waals surface area (Å²) in [5, 5.41) is 1.36. The van der Waals surface area contributed by atoms with Gasteiger partial charge < -0.3 is 19.0 Å². The van der Waals surface area contributed by atoms with Crippen LogP contribution in [0.1, 0.15) is 51.8 Å². The first-order valence-corrected chi connectivity index (χ1v) is 14.2.